The molecule has 0 radical (unpaired) electrons. The zero-order valence-corrected chi connectivity index (χ0v) is 17.6. The summed E-state index contributed by atoms with van der Waals surface area (Å²) < 4.78 is 0. The minimum Gasteiger partial charge on any atom is -0.508 e. The van der Waals surface area contributed by atoms with E-state index in [1.165, 1.54) is 19.1 Å². The molecule has 7 N–H and O–H groups in total. The maximum absolute atomic E-state index is 13.7. The van der Waals surface area contributed by atoms with Crippen LogP contribution in [-0.4, -0.2) is 60.8 Å². The minimum absolute atomic E-state index is 0.0798. The fourth-order valence-corrected chi connectivity index (χ4v) is 5.68. The number of fused-ring (bicyclic) bond motifs is 3. The van der Waals surface area contributed by atoms with E-state index in [9.17, 15) is 44.8 Å². The number of carbonyl (C=O) groups excluding carboxylic acids is 3. The van der Waals surface area contributed by atoms with Crippen molar-refractivity contribution < 1.29 is 39.9 Å². The van der Waals surface area contributed by atoms with Gasteiger partial charge in [-0.3, -0.25) is 14.4 Å². The number of hydrogen-bond donors (Lipinski definition) is 6. The first-order chi connectivity index (χ1) is 15.4. The van der Waals surface area contributed by atoms with Crippen LogP contribution < -0.4 is 5.73 Å². The molecule has 0 aliphatic heterocycles. The maximum Gasteiger partial charge on any atom is 0.255 e. The topological polar surface area (TPSA) is 208 Å². The van der Waals surface area contributed by atoms with Crippen LogP contribution in [0.4, 0.5) is 0 Å². The van der Waals surface area contributed by atoms with Gasteiger partial charge in [-0.05, 0) is 24.5 Å². The highest BCUT2D eigenvalue weighted by Gasteiger charge is 2.68. The average Bonchev–Trinajstić information content (AvgIpc) is 2.75. The second kappa shape index (κ2) is 7.22. The van der Waals surface area contributed by atoms with Gasteiger partial charge in [0.1, 0.15) is 22.8 Å². The number of benzene rings is 1. The summed E-state index contributed by atoms with van der Waals surface area (Å²) in [5, 5.41) is 57.6. The molecule has 1 aromatic carbocycles. The summed E-state index contributed by atoms with van der Waals surface area (Å²) >= 11 is 0. The lowest BCUT2D eigenvalue weighted by molar-refractivity contribution is -0.169. The Balaban J connectivity index is 2.07. The molecule has 0 bridgehead atoms. The summed E-state index contributed by atoms with van der Waals surface area (Å²) in [7, 11) is 0. The van der Waals surface area contributed by atoms with E-state index in [4.69, 9.17) is 5.73 Å². The van der Waals surface area contributed by atoms with Crippen LogP contribution in [0.25, 0.3) is 5.76 Å². The van der Waals surface area contributed by atoms with Gasteiger partial charge in [0.05, 0.1) is 23.6 Å². The van der Waals surface area contributed by atoms with Gasteiger partial charge >= 0.3 is 0 Å². The van der Waals surface area contributed by atoms with Crippen LogP contribution in [0.1, 0.15) is 30.9 Å². The molecule has 1 saturated carbocycles. The molecule has 0 spiro atoms. The number of phenols is 1. The van der Waals surface area contributed by atoms with Crippen LogP contribution in [-0.2, 0) is 14.4 Å². The smallest absolute Gasteiger partial charge is 0.255 e. The fraction of sp³-hybridized carbons (Fsp3) is 0.409. The molecule has 1 aromatic rings. The lowest BCUT2D eigenvalue weighted by Gasteiger charge is -2.53. The van der Waals surface area contributed by atoms with Gasteiger partial charge in [0.2, 0.25) is 5.78 Å². The number of carbonyl (C=O) groups is 3. The lowest BCUT2D eigenvalue weighted by atomic mass is 9.52. The molecule has 0 heterocycles. The molecule has 7 atom stereocenters. The highest BCUT2D eigenvalue weighted by molar-refractivity contribution is 6.23. The van der Waals surface area contributed by atoms with E-state index in [0.29, 0.717) is 5.56 Å². The zero-order chi connectivity index (χ0) is 24.6. The van der Waals surface area contributed by atoms with Crippen molar-refractivity contribution in [2.45, 2.75) is 37.5 Å². The summed E-state index contributed by atoms with van der Waals surface area (Å²) in [4.78, 5) is 50.0. The second-order valence-electron chi connectivity index (χ2n) is 8.75. The molecular weight excluding hydrogens is 436 g/mol. The van der Waals surface area contributed by atoms with Gasteiger partial charge in [0.25, 0.3) is 5.91 Å². The molecule has 4 rings (SSSR count). The van der Waals surface area contributed by atoms with Crippen LogP contribution in [0.3, 0.4) is 0 Å². The summed E-state index contributed by atoms with van der Waals surface area (Å²) in [6.45, 7) is 2.82. The summed E-state index contributed by atoms with van der Waals surface area (Å²) in [5.41, 5.74) is 0.907. The van der Waals surface area contributed by atoms with Crippen molar-refractivity contribution in [1.82, 2.24) is 0 Å². The monoisotopic (exact) mass is 458 g/mol. The van der Waals surface area contributed by atoms with Gasteiger partial charge < -0.3 is 31.3 Å². The van der Waals surface area contributed by atoms with Gasteiger partial charge in [0.15, 0.2) is 11.4 Å². The van der Waals surface area contributed by atoms with E-state index in [0.717, 1.165) is 0 Å². The van der Waals surface area contributed by atoms with Gasteiger partial charge in [-0.25, -0.2) is 0 Å². The number of aromatic hydroxyl groups is 1. The Morgan fingerprint density at radius 3 is 2.42 bits per heavy atom. The molecule has 0 aromatic heterocycles. The molecule has 11 nitrogen and oxygen atoms in total. The van der Waals surface area contributed by atoms with Gasteiger partial charge in [0, 0.05) is 17.4 Å². The van der Waals surface area contributed by atoms with E-state index in [-0.39, 0.29) is 11.3 Å². The average molecular weight is 458 g/mol. The number of amides is 1. The largest absolute Gasteiger partial charge is 0.508 e. The van der Waals surface area contributed by atoms with E-state index < -0.39 is 81.6 Å². The third kappa shape index (κ3) is 2.66. The Hall–Kier alpha value is -3.57. The van der Waals surface area contributed by atoms with Crippen molar-refractivity contribution in [1.29, 1.82) is 0 Å². The van der Waals surface area contributed by atoms with E-state index in [1.807, 2.05) is 0 Å². The second-order valence-corrected chi connectivity index (χ2v) is 8.75. The third-order valence-corrected chi connectivity index (χ3v) is 7.20. The number of primary amides is 1. The molecule has 3 aliphatic carbocycles. The molecule has 174 valence electrons. The predicted octanol–water partition coefficient (Wildman–Crippen LogP) is 0.337. The van der Waals surface area contributed by atoms with E-state index >= 15 is 0 Å². The third-order valence-electron chi connectivity index (χ3n) is 7.20. The SMILES string of the molecule is C[C@H](N=O)[C@@H]1C(=O)C(C(N)=O)=C(O)[C@@]2(O)C(=O)C3=C(O)c4c(O)cccc4[C@H](C)[C@H]3[C@H](O)[C@@H]12. The van der Waals surface area contributed by atoms with Crippen molar-refractivity contribution >= 4 is 23.2 Å². The van der Waals surface area contributed by atoms with Crippen LogP contribution in [0, 0.1) is 22.7 Å². The maximum atomic E-state index is 13.7. The van der Waals surface area contributed by atoms with E-state index in [1.54, 1.807) is 13.0 Å². The van der Waals surface area contributed by atoms with Crippen molar-refractivity contribution in [3.05, 3.63) is 51.1 Å². The van der Waals surface area contributed by atoms with Crippen LogP contribution in [0.5, 0.6) is 5.75 Å². The normalized spacial score (nSPS) is 34.4. The number of nitrogens with two attached hydrogens (primary N) is 1. The summed E-state index contributed by atoms with van der Waals surface area (Å²) in [6, 6.07) is 2.95. The highest BCUT2D eigenvalue weighted by atomic mass is 16.4. The Labute approximate surface area is 186 Å². The van der Waals surface area contributed by atoms with Crippen molar-refractivity contribution in [3.8, 4) is 5.75 Å². The molecule has 1 amide bonds. The molecule has 0 saturated heterocycles. The molecular formula is C22H22N2O9. The molecule has 0 unspecified atom stereocenters. The number of rotatable bonds is 3. The first-order valence-corrected chi connectivity index (χ1v) is 10.2. The standard InChI is InChI=1S/C22H22N2O9/c1-6-8-4-3-5-9(25)12(8)17(27)13-10(6)18(28)15-11(7(2)24-33)16(26)14(21(23)31)20(30)22(15,32)19(13)29/h3-7,10-11,15,18,25,27-28,30,32H,1-2H3,(H2,23,31)/t6-,7-,10+,11-,15+,18-,22-/m0/s1. The van der Waals surface area contributed by atoms with Crippen molar-refractivity contribution in [3.63, 3.8) is 0 Å². The van der Waals surface area contributed by atoms with Gasteiger partial charge in [-0.2, -0.15) is 4.91 Å². The minimum atomic E-state index is -3.05. The van der Waals surface area contributed by atoms with Crippen molar-refractivity contribution in [2.24, 2.45) is 28.7 Å². The lowest BCUT2D eigenvalue weighted by Crippen LogP contribution is -2.67. The first-order valence-electron chi connectivity index (χ1n) is 10.2. The summed E-state index contributed by atoms with van der Waals surface area (Å²) in [5.74, 6) is -11.6. The number of ketones is 2. The van der Waals surface area contributed by atoms with Crippen LogP contribution >= 0.6 is 0 Å². The molecule has 1 fully saturated rings. The number of nitrogens with zero attached hydrogens (tertiary/aromatic N) is 1. The van der Waals surface area contributed by atoms with E-state index in [2.05, 4.69) is 5.18 Å². The molecule has 3 aliphatic rings. The number of Topliss-reactive ketones (excluding diaryl/α,β-unsaturated/α-hetero) is 2. The Morgan fingerprint density at radius 2 is 1.85 bits per heavy atom. The highest BCUT2D eigenvalue weighted by Crippen LogP contribution is 2.57. The fourth-order valence-electron chi connectivity index (χ4n) is 5.68. The Kier molecular flexibility index (Phi) is 4.95. The predicted molar refractivity (Wildman–Crippen MR) is 112 cm³/mol. The van der Waals surface area contributed by atoms with Crippen LogP contribution in [0.2, 0.25) is 0 Å². The first kappa shape index (κ1) is 22.6. The Bertz CT molecular complexity index is 1190. The number of nitroso groups, excluding NO2 is 1. The number of aliphatic hydroxyl groups excluding tert-OH is 3. The molecule has 11 heteroatoms. The number of phenolic OH excluding ortho intramolecular Hbond substituents is 1. The molecule has 33 heavy (non-hydrogen) atoms. The quantitative estimate of drug-likeness (QED) is 0.272. The zero-order valence-electron chi connectivity index (χ0n) is 17.6. The summed E-state index contributed by atoms with van der Waals surface area (Å²) in [6.07, 6.45) is -1.75. The van der Waals surface area contributed by atoms with Gasteiger partial charge in [-0.1, -0.05) is 24.2 Å². The number of hydrogen-bond acceptors (Lipinski definition) is 10. The Morgan fingerprint density at radius 1 is 1.21 bits per heavy atom. The number of aliphatic hydroxyl groups is 4. The van der Waals surface area contributed by atoms with Crippen molar-refractivity contribution in [2.75, 3.05) is 0 Å². The van der Waals surface area contributed by atoms with Crippen LogP contribution in [0.15, 0.2) is 40.3 Å². The van der Waals surface area contributed by atoms with Gasteiger partial charge in [-0.15, -0.1) is 0 Å².